The van der Waals surface area contributed by atoms with Crippen LogP contribution >= 0.6 is 0 Å². The van der Waals surface area contributed by atoms with Crippen molar-refractivity contribution in [3.63, 3.8) is 0 Å². The number of aromatic nitrogens is 4. The van der Waals surface area contributed by atoms with E-state index in [-0.39, 0.29) is 37.3 Å². The number of methoxy groups -OCH3 is 1. The van der Waals surface area contributed by atoms with Gasteiger partial charge in [-0.25, -0.2) is 14.8 Å². The van der Waals surface area contributed by atoms with Crippen LogP contribution in [0.3, 0.4) is 0 Å². The van der Waals surface area contributed by atoms with Crippen LogP contribution in [0.15, 0.2) is 65.3 Å². The second-order valence-corrected chi connectivity index (χ2v) is 9.20. The van der Waals surface area contributed by atoms with E-state index < -0.39 is 6.09 Å². The Labute approximate surface area is 240 Å². The molecule has 13 heteroatoms. The molecule has 0 aliphatic carbocycles. The number of pyridine rings is 1. The summed E-state index contributed by atoms with van der Waals surface area (Å²) < 4.78 is 16.9. The fourth-order valence-electron chi connectivity index (χ4n) is 4.43. The van der Waals surface area contributed by atoms with Crippen LogP contribution in [0.2, 0.25) is 0 Å². The molecule has 3 aromatic heterocycles. The Kier molecular flexibility index (Phi) is 8.27. The molecule has 2 aromatic carbocycles. The number of anilines is 3. The lowest BCUT2D eigenvalue weighted by Gasteiger charge is -2.21. The minimum absolute atomic E-state index is 0.0404. The van der Waals surface area contributed by atoms with E-state index in [9.17, 15) is 14.4 Å². The molecule has 0 radical (unpaired) electrons. The summed E-state index contributed by atoms with van der Waals surface area (Å²) in [5.41, 5.74) is 3.17. The van der Waals surface area contributed by atoms with E-state index in [2.05, 4.69) is 25.5 Å². The molecule has 13 nitrogen and oxygen atoms in total. The maximum atomic E-state index is 13.6. The van der Waals surface area contributed by atoms with E-state index >= 15 is 0 Å². The van der Waals surface area contributed by atoms with Gasteiger partial charge >= 0.3 is 12.1 Å². The molecule has 5 rings (SSSR count). The number of nitrogens with one attached hydrogen (secondary N) is 2. The number of imidazole rings is 1. The Bertz CT molecular complexity index is 1750. The van der Waals surface area contributed by atoms with Gasteiger partial charge in [0.1, 0.15) is 11.6 Å². The lowest BCUT2D eigenvalue weighted by Crippen LogP contribution is -2.34. The number of hydrogen-bond donors (Lipinski definition) is 2. The molecule has 0 aliphatic heterocycles. The molecule has 0 unspecified atom stereocenters. The summed E-state index contributed by atoms with van der Waals surface area (Å²) in [7, 11) is 3.16. The van der Waals surface area contributed by atoms with Crippen molar-refractivity contribution in [1.29, 1.82) is 0 Å². The van der Waals surface area contributed by atoms with Gasteiger partial charge in [0.2, 0.25) is 0 Å². The third kappa shape index (κ3) is 5.99. The number of benzene rings is 2. The molecule has 2 N–H and O–H groups in total. The van der Waals surface area contributed by atoms with Gasteiger partial charge in [0.15, 0.2) is 11.4 Å². The summed E-state index contributed by atoms with van der Waals surface area (Å²) >= 11 is 0. The highest BCUT2D eigenvalue weighted by Crippen LogP contribution is 2.27. The van der Waals surface area contributed by atoms with E-state index in [1.54, 1.807) is 55.6 Å². The van der Waals surface area contributed by atoms with Gasteiger partial charge in [-0.3, -0.25) is 19.8 Å². The number of hydrogen-bond acceptors (Lipinski definition) is 10. The predicted molar refractivity (Wildman–Crippen MR) is 155 cm³/mol. The van der Waals surface area contributed by atoms with Crippen molar-refractivity contribution in [1.82, 2.24) is 19.7 Å². The van der Waals surface area contributed by atoms with Crippen molar-refractivity contribution < 1.29 is 28.4 Å². The topological polar surface area (TPSA) is 154 Å². The molecule has 42 heavy (non-hydrogen) atoms. The Balaban J connectivity index is 1.35. The predicted octanol–water partition coefficient (Wildman–Crippen LogP) is 4.50. The Morgan fingerprint density at radius 1 is 1.10 bits per heavy atom. The second kappa shape index (κ2) is 12.4. The summed E-state index contributed by atoms with van der Waals surface area (Å²) in [6, 6.07) is 16.0. The molecule has 5 aromatic rings. The number of carbonyl (C=O) groups excluding carboxylic acids is 3. The SMILES string of the molecule is CCOC(=O)CCN(C(=O)c1ccc2c(c1)nc(CNc1ccc3onc(NC(=O)OC)c3c1)n2C)c1ccccn1. The standard InChI is InChI=1S/C29H29N7O6/c1-4-41-26(37)12-14-36(24-7-5-6-13-30-24)28(38)18-8-10-22-21(15-18)32-25(35(22)2)17-31-19-9-11-23-20(16-19)27(34-42-23)33-29(39)40-3/h5-11,13,15-16,31H,4,12,14,17H2,1-3H3,(H,33,34,39). The van der Waals surface area contributed by atoms with E-state index in [0.717, 1.165) is 17.0 Å². The van der Waals surface area contributed by atoms with Crippen molar-refractivity contribution in [2.45, 2.75) is 19.9 Å². The normalized spacial score (nSPS) is 10.9. The van der Waals surface area contributed by atoms with Crippen LogP contribution in [-0.2, 0) is 27.9 Å². The number of rotatable bonds is 10. The molecule has 0 aliphatic rings. The van der Waals surface area contributed by atoms with Crippen LogP contribution < -0.4 is 15.5 Å². The van der Waals surface area contributed by atoms with Gasteiger partial charge in [0.05, 0.1) is 43.1 Å². The number of fused-ring (bicyclic) bond motifs is 2. The van der Waals surface area contributed by atoms with Gasteiger partial charge in [-0.2, -0.15) is 0 Å². The molecule has 3 heterocycles. The van der Waals surface area contributed by atoms with Crippen molar-refractivity contribution in [2.75, 3.05) is 35.8 Å². The summed E-state index contributed by atoms with van der Waals surface area (Å²) in [4.78, 5) is 47.8. The number of carbonyl (C=O) groups is 3. The molecular weight excluding hydrogens is 542 g/mol. The molecule has 0 saturated carbocycles. The van der Waals surface area contributed by atoms with Gasteiger partial charge in [0.25, 0.3) is 5.91 Å². The van der Waals surface area contributed by atoms with Crippen molar-refractivity contribution >= 4 is 57.3 Å². The molecule has 216 valence electrons. The Morgan fingerprint density at radius 2 is 1.95 bits per heavy atom. The number of aryl methyl sites for hydroxylation is 1. The van der Waals surface area contributed by atoms with E-state index in [1.165, 1.54) is 12.0 Å². The van der Waals surface area contributed by atoms with Crippen LogP contribution in [0.1, 0.15) is 29.5 Å². The second-order valence-electron chi connectivity index (χ2n) is 9.20. The van der Waals surface area contributed by atoms with Crippen molar-refractivity contribution in [2.24, 2.45) is 7.05 Å². The fraction of sp³-hybridized carbons (Fsp3) is 0.241. The summed E-state index contributed by atoms with van der Waals surface area (Å²) in [6.07, 6.45) is 0.986. The van der Waals surface area contributed by atoms with E-state index in [0.29, 0.717) is 34.4 Å². The first-order valence-electron chi connectivity index (χ1n) is 13.2. The number of ether oxygens (including phenoxy) is 2. The largest absolute Gasteiger partial charge is 0.466 e. The molecule has 2 amide bonds. The summed E-state index contributed by atoms with van der Waals surface area (Å²) in [5.74, 6) is 0.734. The zero-order valence-corrected chi connectivity index (χ0v) is 23.3. The lowest BCUT2D eigenvalue weighted by molar-refractivity contribution is -0.142. The van der Waals surface area contributed by atoms with Gasteiger partial charge in [-0.15, -0.1) is 0 Å². The van der Waals surface area contributed by atoms with Gasteiger partial charge in [-0.05, 0) is 55.5 Å². The van der Waals surface area contributed by atoms with Crippen molar-refractivity contribution in [3.05, 3.63) is 72.2 Å². The van der Waals surface area contributed by atoms with Crippen LogP contribution in [0.4, 0.5) is 22.1 Å². The quantitative estimate of drug-likeness (QED) is 0.229. The van der Waals surface area contributed by atoms with Crippen LogP contribution in [-0.4, -0.2) is 57.9 Å². The minimum atomic E-state index is -0.650. The maximum Gasteiger partial charge on any atom is 0.412 e. The molecule has 0 spiro atoms. The number of nitrogens with zero attached hydrogens (tertiary/aromatic N) is 5. The third-order valence-corrected chi connectivity index (χ3v) is 6.56. The highest BCUT2D eigenvalue weighted by Gasteiger charge is 2.21. The summed E-state index contributed by atoms with van der Waals surface area (Å²) in [5, 5.41) is 10.3. The maximum absolute atomic E-state index is 13.6. The molecule has 0 fully saturated rings. The third-order valence-electron chi connectivity index (χ3n) is 6.56. The average molecular weight is 572 g/mol. The molecular formula is C29H29N7O6. The monoisotopic (exact) mass is 571 g/mol. The number of amides is 2. The number of esters is 1. The minimum Gasteiger partial charge on any atom is -0.466 e. The highest BCUT2D eigenvalue weighted by molar-refractivity contribution is 6.07. The van der Waals surface area contributed by atoms with Gasteiger partial charge in [0, 0.05) is 31.0 Å². The smallest absolute Gasteiger partial charge is 0.412 e. The first-order chi connectivity index (χ1) is 20.4. The van der Waals surface area contributed by atoms with Crippen LogP contribution in [0.5, 0.6) is 0 Å². The zero-order valence-electron chi connectivity index (χ0n) is 23.3. The van der Waals surface area contributed by atoms with E-state index in [4.69, 9.17) is 14.2 Å². The zero-order chi connectivity index (χ0) is 29.6. The summed E-state index contributed by atoms with van der Waals surface area (Å²) in [6.45, 7) is 2.51. The van der Waals surface area contributed by atoms with Gasteiger partial charge in [-0.1, -0.05) is 11.2 Å². The fourth-order valence-corrected chi connectivity index (χ4v) is 4.43. The highest BCUT2D eigenvalue weighted by atomic mass is 16.5. The average Bonchev–Trinajstić information content (AvgIpc) is 3.55. The van der Waals surface area contributed by atoms with Crippen molar-refractivity contribution in [3.8, 4) is 0 Å². The van der Waals surface area contributed by atoms with Gasteiger partial charge < -0.3 is 23.9 Å². The molecule has 0 bridgehead atoms. The first-order valence-corrected chi connectivity index (χ1v) is 13.2. The lowest BCUT2D eigenvalue weighted by atomic mass is 10.1. The van der Waals surface area contributed by atoms with E-state index in [1.807, 2.05) is 23.7 Å². The molecule has 0 atom stereocenters. The first kappa shape index (κ1) is 28.1. The molecule has 0 saturated heterocycles. The van der Waals surface area contributed by atoms with Crippen LogP contribution in [0.25, 0.3) is 22.0 Å². The Morgan fingerprint density at radius 3 is 2.71 bits per heavy atom. The Hall–Kier alpha value is -5.46. The van der Waals surface area contributed by atoms with Crippen LogP contribution in [0, 0.1) is 0 Å².